The summed E-state index contributed by atoms with van der Waals surface area (Å²) in [6.07, 6.45) is 0.201. The van der Waals surface area contributed by atoms with Crippen LogP contribution < -0.4 is 16.3 Å². The fourth-order valence-corrected chi connectivity index (χ4v) is 3.29. The largest absolute Gasteiger partial charge is 0.356 e. The molecule has 0 heterocycles. The Labute approximate surface area is 214 Å². The molecule has 0 aliphatic carbocycles. The molecule has 196 valence electrons. The van der Waals surface area contributed by atoms with Gasteiger partial charge in [-0.25, -0.2) is 11.0 Å². The second kappa shape index (κ2) is 15.7. The number of nitrogens with one attached hydrogen (secondary N) is 3. The standard InChI is InChI=1S/C28H39N3O5/c1-20(2)19-29-26(32)17-15-24(22-11-7-5-8-12-22)35-30-27(33)18-16-25(23-13-9-6-10-14-23)36-31-28(34)21(3)4/h5-14,20-21,24-25H,15-19H2,1-4H3,(H,29,32)(H,30,33)(H,31,34)/t24-,25-/m1/s1. The molecule has 2 aromatic carbocycles. The smallest absolute Gasteiger partial charge is 0.246 e. The van der Waals surface area contributed by atoms with Gasteiger partial charge in [-0.3, -0.25) is 24.1 Å². The van der Waals surface area contributed by atoms with Crippen molar-refractivity contribution in [1.82, 2.24) is 16.3 Å². The Kier molecular flexibility index (Phi) is 12.6. The molecule has 2 atom stereocenters. The Bertz CT molecular complexity index is 935. The normalized spacial score (nSPS) is 12.7. The number of hydrogen-bond donors (Lipinski definition) is 3. The maximum Gasteiger partial charge on any atom is 0.246 e. The van der Waals surface area contributed by atoms with Gasteiger partial charge in [0.05, 0.1) is 0 Å². The average Bonchev–Trinajstić information content (AvgIpc) is 2.88. The second-order valence-electron chi connectivity index (χ2n) is 9.46. The Balaban J connectivity index is 1.92. The highest BCUT2D eigenvalue weighted by atomic mass is 16.7. The Morgan fingerprint density at radius 2 is 1.17 bits per heavy atom. The second-order valence-corrected chi connectivity index (χ2v) is 9.46. The molecule has 0 aromatic heterocycles. The Hall–Kier alpha value is -3.23. The summed E-state index contributed by atoms with van der Waals surface area (Å²) in [5.41, 5.74) is 6.74. The van der Waals surface area contributed by atoms with Crippen LogP contribution in [0.5, 0.6) is 0 Å². The molecule has 0 saturated heterocycles. The number of amides is 3. The molecule has 0 bridgehead atoms. The van der Waals surface area contributed by atoms with Gasteiger partial charge in [-0.05, 0) is 29.9 Å². The summed E-state index contributed by atoms with van der Waals surface area (Å²) in [6.45, 7) is 8.25. The van der Waals surface area contributed by atoms with E-state index >= 15 is 0 Å². The summed E-state index contributed by atoms with van der Waals surface area (Å²) in [5.74, 6) is -0.449. The third-order valence-electron chi connectivity index (χ3n) is 5.46. The molecule has 3 N–H and O–H groups in total. The molecular weight excluding hydrogens is 458 g/mol. The van der Waals surface area contributed by atoms with E-state index in [0.29, 0.717) is 25.3 Å². The quantitative estimate of drug-likeness (QED) is 0.313. The number of carbonyl (C=O) groups excluding carboxylic acids is 3. The third-order valence-corrected chi connectivity index (χ3v) is 5.46. The average molecular weight is 498 g/mol. The molecule has 3 amide bonds. The summed E-state index contributed by atoms with van der Waals surface area (Å²) < 4.78 is 0. The van der Waals surface area contributed by atoms with E-state index in [1.807, 2.05) is 74.5 Å². The summed E-state index contributed by atoms with van der Waals surface area (Å²) >= 11 is 0. The maximum absolute atomic E-state index is 12.6. The third kappa shape index (κ3) is 11.0. The van der Waals surface area contributed by atoms with E-state index in [4.69, 9.17) is 9.68 Å². The lowest BCUT2D eigenvalue weighted by molar-refractivity contribution is -0.145. The van der Waals surface area contributed by atoms with E-state index in [2.05, 4.69) is 16.3 Å². The van der Waals surface area contributed by atoms with Gasteiger partial charge in [0, 0.05) is 25.3 Å². The first kappa shape index (κ1) is 29.0. The van der Waals surface area contributed by atoms with Crippen molar-refractivity contribution < 1.29 is 24.1 Å². The number of hydrogen-bond acceptors (Lipinski definition) is 5. The van der Waals surface area contributed by atoms with E-state index in [9.17, 15) is 14.4 Å². The first-order valence-electron chi connectivity index (χ1n) is 12.5. The minimum absolute atomic E-state index is 0.0501. The highest BCUT2D eigenvalue weighted by Crippen LogP contribution is 2.23. The number of benzene rings is 2. The molecule has 0 spiro atoms. The van der Waals surface area contributed by atoms with Crippen LogP contribution in [0, 0.1) is 11.8 Å². The van der Waals surface area contributed by atoms with E-state index in [0.717, 1.165) is 11.1 Å². The van der Waals surface area contributed by atoms with Crippen molar-refractivity contribution in [3.63, 3.8) is 0 Å². The van der Waals surface area contributed by atoms with E-state index < -0.39 is 12.2 Å². The highest BCUT2D eigenvalue weighted by molar-refractivity contribution is 5.77. The Morgan fingerprint density at radius 3 is 1.64 bits per heavy atom. The molecule has 0 aliphatic rings. The highest BCUT2D eigenvalue weighted by Gasteiger charge is 2.19. The van der Waals surface area contributed by atoms with E-state index in [1.54, 1.807) is 13.8 Å². The summed E-state index contributed by atoms with van der Waals surface area (Å²) in [5, 5.41) is 2.90. The fourth-order valence-electron chi connectivity index (χ4n) is 3.29. The minimum Gasteiger partial charge on any atom is -0.356 e. The van der Waals surface area contributed by atoms with Crippen LogP contribution in [0.15, 0.2) is 60.7 Å². The molecule has 0 radical (unpaired) electrons. The number of hydroxylamine groups is 2. The van der Waals surface area contributed by atoms with Crippen molar-refractivity contribution in [1.29, 1.82) is 0 Å². The topological polar surface area (TPSA) is 106 Å². The number of rotatable bonds is 15. The van der Waals surface area contributed by atoms with Crippen molar-refractivity contribution >= 4 is 17.7 Å². The van der Waals surface area contributed by atoms with Gasteiger partial charge < -0.3 is 5.32 Å². The first-order chi connectivity index (χ1) is 17.3. The summed E-state index contributed by atoms with van der Waals surface area (Å²) in [7, 11) is 0. The zero-order valence-corrected chi connectivity index (χ0v) is 21.7. The van der Waals surface area contributed by atoms with Crippen LogP contribution in [0.3, 0.4) is 0 Å². The monoisotopic (exact) mass is 497 g/mol. The first-order valence-corrected chi connectivity index (χ1v) is 12.5. The van der Waals surface area contributed by atoms with Crippen LogP contribution in [-0.4, -0.2) is 24.3 Å². The van der Waals surface area contributed by atoms with Crippen LogP contribution in [0.2, 0.25) is 0 Å². The van der Waals surface area contributed by atoms with Crippen molar-refractivity contribution in [2.24, 2.45) is 11.8 Å². The van der Waals surface area contributed by atoms with E-state index in [-0.39, 0.29) is 36.5 Å². The lowest BCUT2D eigenvalue weighted by Crippen LogP contribution is -2.31. The predicted molar refractivity (Wildman–Crippen MR) is 138 cm³/mol. The van der Waals surface area contributed by atoms with Crippen LogP contribution in [0.1, 0.15) is 76.7 Å². The van der Waals surface area contributed by atoms with Gasteiger partial charge in [-0.1, -0.05) is 88.4 Å². The Morgan fingerprint density at radius 1 is 0.694 bits per heavy atom. The summed E-state index contributed by atoms with van der Waals surface area (Å²) in [4.78, 5) is 48.1. The van der Waals surface area contributed by atoms with Gasteiger partial charge in [0.25, 0.3) is 0 Å². The van der Waals surface area contributed by atoms with Crippen molar-refractivity contribution in [2.45, 2.75) is 65.6 Å². The predicted octanol–water partition coefficient (Wildman–Crippen LogP) is 4.55. The zero-order chi connectivity index (χ0) is 26.3. The minimum atomic E-state index is -0.491. The molecule has 2 rings (SSSR count). The van der Waals surface area contributed by atoms with Gasteiger partial charge >= 0.3 is 0 Å². The van der Waals surface area contributed by atoms with Crippen LogP contribution in [0.4, 0.5) is 0 Å². The van der Waals surface area contributed by atoms with Gasteiger partial charge in [0.2, 0.25) is 17.7 Å². The molecule has 0 fully saturated rings. The van der Waals surface area contributed by atoms with Gasteiger partial charge in [-0.2, -0.15) is 0 Å². The maximum atomic E-state index is 12.6. The lowest BCUT2D eigenvalue weighted by atomic mass is 10.0. The number of carbonyl (C=O) groups is 3. The molecule has 0 aliphatic heterocycles. The molecule has 8 heteroatoms. The molecule has 36 heavy (non-hydrogen) atoms. The fraction of sp³-hybridized carbons (Fsp3) is 0.464. The van der Waals surface area contributed by atoms with Crippen LogP contribution >= 0.6 is 0 Å². The summed E-state index contributed by atoms with van der Waals surface area (Å²) in [6, 6.07) is 18.9. The molecule has 2 aromatic rings. The van der Waals surface area contributed by atoms with Gasteiger partial charge in [0.15, 0.2) is 0 Å². The van der Waals surface area contributed by atoms with Gasteiger partial charge in [-0.15, -0.1) is 0 Å². The van der Waals surface area contributed by atoms with Gasteiger partial charge in [0.1, 0.15) is 12.2 Å². The SMILES string of the molecule is CC(C)CNC(=O)CC[C@@H](ONC(=O)CC[C@@H](ONC(=O)C(C)C)c1ccccc1)c1ccccc1. The molecule has 0 unspecified atom stereocenters. The molecule has 0 saturated carbocycles. The van der Waals surface area contributed by atoms with Crippen molar-refractivity contribution in [2.75, 3.05) is 6.54 Å². The lowest BCUT2D eigenvalue weighted by Gasteiger charge is -2.20. The zero-order valence-electron chi connectivity index (χ0n) is 21.7. The van der Waals surface area contributed by atoms with Crippen LogP contribution in [-0.2, 0) is 24.1 Å². The van der Waals surface area contributed by atoms with Crippen molar-refractivity contribution in [3.05, 3.63) is 71.8 Å². The molecule has 8 nitrogen and oxygen atoms in total. The molecular formula is C28H39N3O5. The van der Waals surface area contributed by atoms with Crippen molar-refractivity contribution in [3.8, 4) is 0 Å². The van der Waals surface area contributed by atoms with Crippen LogP contribution in [0.25, 0.3) is 0 Å². The van der Waals surface area contributed by atoms with E-state index in [1.165, 1.54) is 0 Å².